The van der Waals surface area contributed by atoms with E-state index in [0.29, 0.717) is 18.5 Å². The van der Waals surface area contributed by atoms with E-state index < -0.39 is 21.3 Å². The van der Waals surface area contributed by atoms with Gasteiger partial charge in [-0.3, -0.25) is 18.7 Å². The molecule has 0 bridgehead atoms. The highest BCUT2D eigenvalue weighted by molar-refractivity contribution is 7.89. The minimum absolute atomic E-state index is 0.219. The average Bonchev–Trinajstić information content (AvgIpc) is 2.81. The van der Waals surface area contributed by atoms with E-state index in [4.69, 9.17) is 0 Å². The van der Waals surface area contributed by atoms with Gasteiger partial charge in [-0.15, -0.1) is 0 Å². The molecule has 33 heavy (non-hydrogen) atoms. The van der Waals surface area contributed by atoms with Gasteiger partial charge in [0, 0.05) is 33.1 Å². The monoisotopic (exact) mass is 471 g/mol. The summed E-state index contributed by atoms with van der Waals surface area (Å²) < 4.78 is 29.4. The standard InChI is InChI=1S/C22H25N5O5S/c1-14-4-6-17(7-5-14)33(31,32)27-10-8-15(9-11-27)20(28)24-16-12-18-19(23-13-16)25(2)22(30)26(3)21(18)29/h4-7,12-13,15H,8-11H2,1-3H3,(H,24,28). The highest BCUT2D eigenvalue weighted by Gasteiger charge is 2.32. The topological polar surface area (TPSA) is 123 Å². The molecule has 0 atom stereocenters. The number of piperidine rings is 1. The number of carbonyl (C=O) groups is 1. The third-order valence-electron chi connectivity index (χ3n) is 6.04. The van der Waals surface area contributed by atoms with E-state index in [1.54, 1.807) is 24.3 Å². The van der Waals surface area contributed by atoms with E-state index in [1.807, 2.05) is 6.92 Å². The van der Waals surface area contributed by atoms with Gasteiger partial charge in [0.05, 0.1) is 22.2 Å². The van der Waals surface area contributed by atoms with Gasteiger partial charge in [-0.1, -0.05) is 17.7 Å². The van der Waals surface area contributed by atoms with Crippen LogP contribution < -0.4 is 16.6 Å². The van der Waals surface area contributed by atoms with Gasteiger partial charge < -0.3 is 5.32 Å². The van der Waals surface area contributed by atoms with Gasteiger partial charge in [0.2, 0.25) is 15.9 Å². The molecule has 10 nitrogen and oxygen atoms in total. The van der Waals surface area contributed by atoms with Gasteiger partial charge in [0.1, 0.15) is 5.65 Å². The first-order valence-corrected chi connectivity index (χ1v) is 12.0. The van der Waals surface area contributed by atoms with Crippen LogP contribution in [0.25, 0.3) is 11.0 Å². The van der Waals surface area contributed by atoms with Crippen LogP contribution in [0.4, 0.5) is 5.69 Å². The molecule has 0 saturated carbocycles. The molecule has 0 aliphatic carbocycles. The third kappa shape index (κ3) is 4.21. The minimum Gasteiger partial charge on any atom is -0.324 e. The maximum Gasteiger partial charge on any atom is 0.332 e. The van der Waals surface area contributed by atoms with Crippen LogP contribution >= 0.6 is 0 Å². The molecule has 11 heteroatoms. The summed E-state index contributed by atoms with van der Waals surface area (Å²) in [6.45, 7) is 2.38. The smallest absolute Gasteiger partial charge is 0.324 e. The lowest BCUT2D eigenvalue weighted by Gasteiger charge is -2.30. The Balaban J connectivity index is 1.46. The summed E-state index contributed by atoms with van der Waals surface area (Å²) in [5, 5.41) is 2.99. The Bertz CT molecular complexity index is 1450. The number of hydrogen-bond acceptors (Lipinski definition) is 6. The molecular formula is C22H25N5O5S. The molecule has 4 rings (SSSR count). The van der Waals surface area contributed by atoms with Crippen molar-refractivity contribution in [1.82, 2.24) is 18.4 Å². The largest absolute Gasteiger partial charge is 0.332 e. The van der Waals surface area contributed by atoms with Gasteiger partial charge in [0.25, 0.3) is 5.56 Å². The number of sulfonamides is 1. The zero-order valence-corrected chi connectivity index (χ0v) is 19.4. The number of nitrogens with one attached hydrogen (secondary N) is 1. The number of benzene rings is 1. The fourth-order valence-corrected chi connectivity index (χ4v) is 5.47. The fourth-order valence-electron chi connectivity index (χ4n) is 4.00. The number of amides is 1. The van der Waals surface area contributed by atoms with Crippen molar-refractivity contribution < 1.29 is 13.2 Å². The zero-order chi connectivity index (χ0) is 23.9. The van der Waals surface area contributed by atoms with Crippen LogP contribution in [0.15, 0.2) is 51.0 Å². The summed E-state index contributed by atoms with van der Waals surface area (Å²) in [5.74, 6) is -0.627. The maximum absolute atomic E-state index is 12.9. The van der Waals surface area contributed by atoms with Gasteiger partial charge in [-0.25, -0.2) is 18.2 Å². The average molecular weight is 472 g/mol. The predicted molar refractivity (Wildman–Crippen MR) is 124 cm³/mol. The lowest BCUT2D eigenvalue weighted by molar-refractivity contribution is -0.120. The number of anilines is 1. The van der Waals surface area contributed by atoms with Crippen molar-refractivity contribution in [1.29, 1.82) is 0 Å². The fraction of sp³-hybridized carbons (Fsp3) is 0.364. The van der Waals surface area contributed by atoms with Crippen LogP contribution in [0, 0.1) is 12.8 Å². The second-order valence-electron chi connectivity index (χ2n) is 8.28. The molecule has 3 aromatic rings. The van der Waals surface area contributed by atoms with Crippen molar-refractivity contribution in [3.05, 3.63) is 62.9 Å². The second kappa shape index (κ2) is 8.56. The number of rotatable bonds is 4. The summed E-state index contributed by atoms with van der Waals surface area (Å²) in [6, 6.07) is 8.21. The minimum atomic E-state index is -3.60. The first kappa shape index (κ1) is 22.9. The van der Waals surface area contributed by atoms with Crippen molar-refractivity contribution in [3.8, 4) is 0 Å². The van der Waals surface area contributed by atoms with Crippen LogP contribution in [0.2, 0.25) is 0 Å². The summed E-state index contributed by atoms with van der Waals surface area (Å²) in [5.41, 5.74) is 0.580. The zero-order valence-electron chi connectivity index (χ0n) is 18.6. The molecule has 174 valence electrons. The number of aromatic nitrogens is 3. The first-order valence-electron chi connectivity index (χ1n) is 10.5. The van der Waals surface area contributed by atoms with Gasteiger partial charge >= 0.3 is 5.69 Å². The van der Waals surface area contributed by atoms with Crippen LogP contribution in [0.1, 0.15) is 18.4 Å². The summed E-state index contributed by atoms with van der Waals surface area (Å²) in [4.78, 5) is 41.7. The highest BCUT2D eigenvalue weighted by Crippen LogP contribution is 2.25. The third-order valence-corrected chi connectivity index (χ3v) is 7.96. The molecule has 1 fully saturated rings. The lowest BCUT2D eigenvalue weighted by atomic mass is 9.97. The van der Waals surface area contributed by atoms with Crippen LogP contribution in [-0.4, -0.2) is 45.8 Å². The molecule has 1 aromatic carbocycles. The number of nitrogens with zero attached hydrogens (tertiary/aromatic N) is 4. The van der Waals surface area contributed by atoms with E-state index in [2.05, 4.69) is 10.3 Å². The van der Waals surface area contributed by atoms with Crippen LogP contribution in [-0.2, 0) is 28.9 Å². The Morgan fingerprint density at radius 1 is 1.06 bits per heavy atom. The molecule has 1 N–H and O–H groups in total. The molecule has 1 amide bonds. The molecule has 1 aliphatic rings. The molecule has 1 aliphatic heterocycles. The molecule has 3 heterocycles. The Morgan fingerprint density at radius 3 is 2.33 bits per heavy atom. The van der Waals surface area contributed by atoms with Gasteiger partial charge in [-0.2, -0.15) is 4.31 Å². The second-order valence-corrected chi connectivity index (χ2v) is 10.2. The van der Waals surface area contributed by atoms with Crippen LogP contribution in [0.3, 0.4) is 0 Å². The van der Waals surface area contributed by atoms with Crippen molar-refractivity contribution in [2.24, 2.45) is 20.0 Å². The Kier molecular flexibility index (Phi) is 5.93. The van der Waals surface area contributed by atoms with E-state index in [9.17, 15) is 22.8 Å². The summed E-state index contributed by atoms with van der Waals surface area (Å²) in [6.07, 6.45) is 2.17. The molecule has 2 aromatic heterocycles. The van der Waals surface area contributed by atoms with E-state index >= 15 is 0 Å². The summed E-state index contributed by atoms with van der Waals surface area (Å²) >= 11 is 0. The lowest BCUT2D eigenvalue weighted by Crippen LogP contribution is -2.41. The first-order chi connectivity index (χ1) is 15.6. The quantitative estimate of drug-likeness (QED) is 0.605. The van der Waals surface area contributed by atoms with Crippen molar-refractivity contribution in [2.75, 3.05) is 18.4 Å². The number of fused-ring (bicyclic) bond motifs is 1. The number of aryl methyl sites for hydroxylation is 2. The normalized spacial score (nSPS) is 15.6. The summed E-state index contributed by atoms with van der Waals surface area (Å²) in [7, 11) is -0.697. The van der Waals surface area contributed by atoms with Gasteiger partial charge in [0.15, 0.2) is 0 Å². The van der Waals surface area contributed by atoms with Crippen LogP contribution in [0.5, 0.6) is 0 Å². The Hall–Kier alpha value is -3.31. The van der Waals surface area contributed by atoms with E-state index in [1.165, 1.54) is 35.2 Å². The predicted octanol–water partition coefficient (Wildman–Crippen LogP) is 0.980. The highest BCUT2D eigenvalue weighted by atomic mass is 32.2. The van der Waals surface area contributed by atoms with Crippen molar-refractivity contribution >= 4 is 32.7 Å². The Morgan fingerprint density at radius 2 is 1.70 bits per heavy atom. The van der Waals surface area contributed by atoms with Gasteiger partial charge in [-0.05, 0) is 38.0 Å². The number of pyridine rings is 1. The number of carbonyl (C=O) groups excluding carboxylic acids is 1. The van der Waals surface area contributed by atoms with E-state index in [0.717, 1.165) is 10.1 Å². The maximum atomic E-state index is 12.9. The molecular weight excluding hydrogens is 446 g/mol. The molecule has 1 saturated heterocycles. The van der Waals surface area contributed by atoms with Crippen molar-refractivity contribution in [2.45, 2.75) is 24.7 Å². The molecule has 0 spiro atoms. The molecule has 0 unspecified atom stereocenters. The SMILES string of the molecule is Cc1ccc(S(=O)(=O)N2CCC(C(=O)Nc3cnc4c(c3)c(=O)n(C)c(=O)n4C)CC2)cc1. The molecule has 0 radical (unpaired) electrons. The number of hydrogen-bond donors (Lipinski definition) is 1. The Labute approximate surface area is 190 Å². The van der Waals surface area contributed by atoms with E-state index in [-0.39, 0.29) is 40.8 Å². The van der Waals surface area contributed by atoms with Crippen molar-refractivity contribution in [3.63, 3.8) is 0 Å².